The van der Waals surface area contributed by atoms with Crippen molar-refractivity contribution in [2.24, 2.45) is 0 Å². The van der Waals surface area contributed by atoms with E-state index in [1.165, 1.54) is 6.07 Å². The Morgan fingerprint density at radius 2 is 1.79 bits per heavy atom. The van der Waals surface area contributed by atoms with Gasteiger partial charge in [0.25, 0.3) is 0 Å². The Morgan fingerprint density at radius 3 is 2.29 bits per heavy atom. The van der Waals surface area contributed by atoms with E-state index in [0.29, 0.717) is 11.0 Å². The maximum Gasteiger partial charge on any atom is 0.492 e. The maximum atomic E-state index is 14.4. The van der Waals surface area contributed by atoms with Crippen LogP contribution >= 0.6 is 0 Å². The minimum Gasteiger partial charge on any atom is -0.444 e. The molecule has 0 aromatic heterocycles. The molecule has 1 amide bonds. The van der Waals surface area contributed by atoms with Gasteiger partial charge in [-0.3, -0.25) is 0 Å². The Hall–Kier alpha value is -1.86. The van der Waals surface area contributed by atoms with Crippen LogP contribution < -0.4 is 5.32 Å². The van der Waals surface area contributed by atoms with Crippen molar-refractivity contribution in [1.82, 2.24) is 5.32 Å². The minimum absolute atomic E-state index is 0.110. The quantitative estimate of drug-likeness (QED) is 0.758. The van der Waals surface area contributed by atoms with E-state index in [9.17, 15) is 9.18 Å². The molecule has 0 radical (unpaired) electrons. The van der Waals surface area contributed by atoms with E-state index >= 15 is 0 Å². The molecule has 0 spiro atoms. The maximum absolute atomic E-state index is 14.4. The number of alkyl carbamates (subject to hydrolysis) is 1. The highest BCUT2D eigenvalue weighted by molar-refractivity contribution is 6.56. The van der Waals surface area contributed by atoms with Crippen molar-refractivity contribution < 1.29 is 23.2 Å². The molecule has 7 heteroatoms. The molecule has 2 rings (SSSR count). The summed E-state index contributed by atoms with van der Waals surface area (Å²) in [4.78, 5) is 12.1. The number of benzene rings is 1. The summed E-state index contributed by atoms with van der Waals surface area (Å²) in [6.45, 7) is 15.1. The molecule has 1 N–H and O–H groups in total. The lowest BCUT2D eigenvalue weighted by atomic mass is 9.77. The average Bonchev–Trinajstić information content (AvgIpc) is 2.71. The zero-order chi connectivity index (χ0) is 21.3. The summed E-state index contributed by atoms with van der Waals surface area (Å²) in [5, 5.41) is 2.71. The summed E-state index contributed by atoms with van der Waals surface area (Å²) < 4.78 is 31.9. The summed E-state index contributed by atoms with van der Waals surface area (Å²) in [5.41, 5.74) is 0.136. The lowest BCUT2D eigenvalue weighted by Gasteiger charge is -2.32. The van der Waals surface area contributed by atoms with Gasteiger partial charge in [-0.05, 0) is 72.5 Å². The number of carbonyl (C=O) groups is 1. The molecule has 1 saturated heterocycles. The molecule has 0 aliphatic carbocycles. The lowest BCUT2D eigenvalue weighted by Crippen LogP contribution is -2.41. The van der Waals surface area contributed by atoms with Gasteiger partial charge in [-0.15, -0.1) is 0 Å². The highest BCUT2D eigenvalue weighted by atomic mass is 19.1. The van der Waals surface area contributed by atoms with Crippen LogP contribution in [0.15, 0.2) is 23.7 Å². The van der Waals surface area contributed by atoms with Crippen LogP contribution in [0.25, 0.3) is 6.08 Å². The van der Waals surface area contributed by atoms with Crippen LogP contribution in [-0.2, 0) is 14.0 Å². The fourth-order valence-electron chi connectivity index (χ4n) is 2.63. The number of nitrogens with one attached hydrogen (secondary N) is 1. The van der Waals surface area contributed by atoms with E-state index in [1.54, 1.807) is 32.9 Å². The number of ether oxygens (including phenoxy) is 1. The molecule has 28 heavy (non-hydrogen) atoms. The normalized spacial score (nSPS) is 18.9. The number of halogens is 1. The Morgan fingerprint density at radius 1 is 1.21 bits per heavy atom. The van der Waals surface area contributed by atoms with Gasteiger partial charge in [-0.2, -0.15) is 0 Å². The zero-order valence-electron chi connectivity index (χ0n) is 18.1. The average molecular weight is 391 g/mol. The Kier molecular flexibility index (Phi) is 6.31. The number of hydrogen-bond acceptors (Lipinski definition) is 4. The molecule has 1 aliphatic rings. The lowest BCUT2D eigenvalue weighted by molar-refractivity contribution is 0.00578. The minimum atomic E-state index is -0.708. The molecule has 0 saturated carbocycles. The third-order valence-electron chi connectivity index (χ3n) is 4.89. The van der Waals surface area contributed by atoms with Crippen LogP contribution in [0, 0.1) is 12.7 Å². The molecule has 0 atom stereocenters. The van der Waals surface area contributed by atoms with Crippen LogP contribution in [0.5, 0.6) is 0 Å². The molecule has 154 valence electrons. The number of hydrogen-bond donors (Lipinski definition) is 1. The van der Waals surface area contributed by atoms with E-state index in [0.717, 1.165) is 5.56 Å². The van der Waals surface area contributed by atoms with Crippen molar-refractivity contribution in [2.75, 3.05) is 6.54 Å². The van der Waals surface area contributed by atoms with Gasteiger partial charge in [0, 0.05) is 12.1 Å². The van der Waals surface area contributed by atoms with Crippen molar-refractivity contribution in [3.63, 3.8) is 0 Å². The van der Waals surface area contributed by atoms with Crippen molar-refractivity contribution >= 4 is 19.3 Å². The van der Waals surface area contributed by atoms with Crippen molar-refractivity contribution in [3.8, 4) is 0 Å². The SMILES string of the molecule is Cc1ccc(C=C(CNC(=O)OC(C)(C)C)B2OC(C)(C)C(C)(C)O2)c(F)c1. The monoisotopic (exact) mass is 391 g/mol. The van der Waals surface area contributed by atoms with Crippen LogP contribution in [0.3, 0.4) is 0 Å². The molecule has 1 aromatic carbocycles. The second-order valence-electron chi connectivity index (χ2n) is 9.19. The number of rotatable bonds is 4. The topological polar surface area (TPSA) is 56.8 Å². The second kappa shape index (κ2) is 7.87. The Labute approximate surface area is 167 Å². The number of carbonyl (C=O) groups excluding carboxylic acids is 1. The van der Waals surface area contributed by atoms with E-state index in [4.69, 9.17) is 14.0 Å². The van der Waals surface area contributed by atoms with Gasteiger partial charge in [0.15, 0.2) is 0 Å². The Bertz CT molecular complexity index is 752. The molecule has 1 aliphatic heterocycles. The van der Waals surface area contributed by atoms with Gasteiger partial charge >= 0.3 is 13.2 Å². The Balaban J connectivity index is 2.28. The fraction of sp³-hybridized carbons (Fsp3) is 0.571. The molecule has 0 unspecified atom stereocenters. The van der Waals surface area contributed by atoms with E-state index in [1.807, 2.05) is 40.7 Å². The van der Waals surface area contributed by atoms with Crippen LogP contribution in [0.2, 0.25) is 0 Å². The molecule has 1 heterocycles. The van der Waals surface area contributed by atoms with Crippen molar-refractivity contribution in [2.45, 2.75) is 72.2 Å². The molecule has 1 aromatic rings. The van der Waals surface area contributed by atoms with Gasteiger partial charge in [-0.1, -0.05) is 18.2 Å². The van der Waals surface area contributed by atoms with Gasteiger partial charge < -0.3 is 19.4 Å². The van der Waals surface area contributed by atoms with Crippen molar-refractivity contribution in [3.05, 3.63) is 40.6 Å². The third-order valence-corrected chi connectivity index (χ3v) is 4.89. The zero-order valence-corrected chi connectivity index (χ0v) is 18.1. The van der Waals surface area contributed by atoms with Crippen molar-refractivity contribution in [1.29, 1.82) is 0 Å². The molecule has 0 bridgehead atoms. The highest BCUT2D eigenvalue weighted by Gasteiger charge is 2.52. The standard InChI is InChI=1S/C21H31BFNO4/c1-14-9-10-15(17(23)11-14)12-16(13-24-18(25)26-19(2,3)4)22-27-20(5,6)21(7,8)28-22/h9-12H,13H2,1-8H3,(H,24,25). The van der Waals surface area contributed by atoms with Gasteiger partial charge in [-0.25, -0.2) is 9.18 Å². The van der Waals surface area contributed by atoms with E-state index in [2.05, 4.69) is 5.32 Å². The van der Waals surface area contributed by atoms with Crippen LogP contribution in [0.1, 0.15) is 59.6 Å². The summed E-state index contributed by atoms with van der Waals surface area (Å²) >= 11 is 0. The first kappa shape index (κ1) is 22.4. The summed E-state index contributed by atoms with van der Waals surface area (Å²) in [5.74, 6) is -0.341. The first-order valence-electron chi connectivity index (χ1n) is 9.49. The molecular weight excluding hydrogens is 360 g/mol. The molecule has 1 fully saturated rings. The van der Waals surface area contributed by atoms with E-state index in [-0.39, 0.29) is 12.4 Å². The second-order valence-corrected chi connectivity index (χ2v) is 9.19. The predicted octanol–water partition coefficient (Wildman–Crippen LogP) is 4.67. The molecular formula is C21H31BFNO4. The third kappa shape index (κ3) is 5.58. The number of amides is 1. The van der Waals surface area contributed by atoms with Crippen LogP contribution in [0.4, 0.5) is 9.18 Å². The molecule has 5 nitrogen and oxygen atoms in total. The smallest absolute Gasteiger partial charge is 0.444 e. The summed E-state index contributed by atoms with van der Waals surface area (Å²) in [7, 11) is -0.708. The first-order chi connectivity index (χ1) is 12.7. The number of aryl methyl sites for hydroxylation is 1. The fourth-order valence-corrected chi connectivity index (χ4v) is 2.63. The van der Waals surface area contributed by atoms with E-state index < -0.39 is 30.0 Å². The highest BCUT2D eigenvalue weighted by Crippen LogP contribution is 2.38. The van der Waals surface area contributed by atoms with Crippen LogP contribution in [-0.4, -0.2) is 36.6 Å². The first-order valence-corrected chi connectivity index (χ1v) is 9.49. The largest absolute Gasteiger partial charge is 0.492 e. The summed E-state index contributed by atoms with van der Waals surface area (Å²) in [6, 6.07) is 5.00. The summed E-state index contributed by atoms with van der Waals surface area (Å²) in [6.07, 6.45) is 1.10. The van der Waals surface area contributed by atoms with Gasteiger partial charge in [0.05, 0.1) is 11.2 Å². The van der Waals surface area contributed by atoms with Gasteiger partial charge in [0.2, 0.25) is 0 Å². The van der Waals surface area contributed by atoms with Gasteiger partial charge in [0.1, 0.15) is 11.4 Å². The predicted molar refractivity (Wildman–Crippen MR) is 109 cm³/mol.